The van der Waals surface area contributed by atoms with Gasteiger partial charge in [-0.3, -0.25) is 4.79 Å². The predicted octanol–water partition coefficient (Wildman–Crippen LogP) is 3.81. The molecule has 0 radical (unpaired) electrons. The standard InChI is InChI=1S/C21H27N3O2/c1-26-19-9-5-6-16(14-19)12-13-22-21(25)20-11-10-18(15-23-20)24-17-7-3-2-4-8-17/h5-6,9-11,14-15,17,24H,2-4,7-8,12-13H2,1H3,(H,22,25). The molecule has 0 atom stereocenters. The van der Waals surface area contributed by atoms with Crippen LogP contribution in [-0.4, -0.2) is 30.6 Å². The number of anilines is 1. The Kier molecular flexibility index (Phi) is 6.47. The first-order valence-corrected chi connectivity index (χ1v) is 9.38. The molecule has 26 heavy (non-hydrogen) atoms. The Hall–Kier alpha value is -2.56. The first-order valence-electron chi connectivity index (χ1n) is 9.38. The zero-order chi connectivity index (χ0) is 18.2. The lowest BCUT2D eigenvalue weighted by Crippen LogP contribution is -2.26. The first kappa shape index (κ1) is 18.2. The number of nitrogens with zero attached hydrogens (tertiary/aromatic N) is 1. The van der Waals surface area contributed by atoms with E-state index in [1.54, 1.807) is 19.4 Å². The molecule has 1 aromatic heterocycles. The number of benzene rings is 1. The highest BCUT2D eigenvalue weighted by molar-refractivity contribution is 5.92. The van der Waals surface area contributed by atoms with E-state index >= 15 is 0 Å². The number of carbonyl (C=O) groups is 1. The summed E-state index contributed by atoms with van der Waals surface area (Å²) in [6, 6.07) is 12.1. The second kappa shape index (κ2) is 9.22. The van der Waals surface area contributed by atoms with Crippen LogP contribution in [0.2, 0.25) is 0 Å². The minimum absolute atomic E-state index is 0.142. The third-order valence-electron chi connectivity index (χ3n) is 4.81. The number of nitrogens with one attached hydrogen (secondary N) is 2. The van der Waals surface area contributed by atoms with Crippen LogP contribution >= 0.6 is 0 Å². The summed E-state index contributed by atoms with van der Waals surface area (Å²) >= 11 is 0. The normalized spacial score (nSPS) is 14.7. The lowest BCUT2D eigenvalue weighted by molar-refractivity contribution is 0.0949. The van der Waals surface area contributed by atoms with Crippen LogP contribution in [-0.2, 0) is 6.42 Å². The van der Waals surface area contributed by atoms with Crippen molar-refractivity contribution in [1.82, 2.24) is 10.3 Å². The maximum Gasteiger partial charge on any atom is 0.269 e. The van der Waals surface area contributed by atoms with E-state index in [1.807, 2.05) is 30.3 Å². The Morgan fingerprint density at radius 3 is 2.77 bits per heavy atom. The van der Waals surface area contributed by atoms with E-state index in [0.717, 1.165) is 23.4 Å². The van der Waals surface area contributed by atoms with Crippen molar-refractivity contribution in [2.45, 2.75) is 44.6 Å². The van der Waals surface area contributed by atoms with Gasteiger partial charge in [0.1, 0.15) is 11.4 Å². The summed E-state index contributed by atoms with van der Waals surface area (Å²) in [5.74, 6) is 0.689. The molecule has 3 rings (SSSR count). The molecule has 1 aromatic carbocycles. The van der Waals surface area contributed by atoms with Gasteiger partial charge in [-0.1, -0.05) is 31.4 Å². The van der Waals surface area contributed by atoms with Crippen LogP contribution in [0.3, 0.4) is 0 Å². The topological polar surface area (TPSA) is 63.2 Å². The van der Waals surface area contributed by atoms with Crippen molar-refractivity contribution in [3.8, 4) is 5.75 Å². The second-order valence-corrected chi connectivity index (χ2v) is 6.77. The van der Waals surface area contributed by atoms with Gasteiger partial charge in [0.2, 0.25) is 0 Å². The van der Waals surface area contributed by atoms with Gasteiger partial charge in [0.15, 0.2) is 0 Å². The number of methoxy groups -OCH3 is 1. The van der Waals surface area contributed by atoms with Gasteiger partial charge < -0.3 is 15.4 Å². The Balaban J connectivity index is 1.46. The maximum atomic E-state index is 12.2. The first-order chi connectivity index (χ1) is 12.7. The minimum Gasteiger partial charge on any atom is -0.497 e. The number of ether oxygens (including phenoxy) is 1. The summed E-state index contributed by atoms with van der Waals surface area (Å²) < 4.78 is 5.21. The molecule has 0 aliphatic heterocycles. The van der Waals surface area contributed by atoms with Gasteiger partial charge in [-0.25, -0.2) is 4.98 Å². The fourth-order valence-electron chi connectivity index (χ4n) is 3.34. The van der Waals surface area contributed by atoms with Crippen LogP contribution in [0.1, 0.15) is 48.2 Å². The number of hydrogen-bond acceptors (Lipinski definition) is 4. The van der Waals surface area contributed by atoms with Gasteiger partial charge >= 0.3 is 0 Å². The van der Waals surface area contributed by atoms with Gasteiger partial charge in [0.05, 0.1) is 19.0 Å². The fourth-order valence-corrected chi connectivity index (χ4v) is 3.34. The molecule has 0 unspecified atom stereocenters. The zero-order valence-electron chi connectivity index (χ0n) is 15.3. The van der Waals surface area contributed by atoms with Gasteiger partial charge in [-0.15, -0.1) is 0 Å². The molecular formula is C21H27N3O2. The Bertz CT molecular complexity index is 709. The zero-order valence-corrected chi connectivity index (χ0v) is 15.3. The number of pyridine rings is 1. The van der Waals surface area contributed by atoms with Crippen LogP contribution in [0.15, 0.2) is 42.6 Å². The van der Waals surface area contributed by atoms with E-state index in [1.165, 1.54) is 32.1 Å². The minimum atomic E-state index is -0.142. The second-order valence-electron chi connectivity index (χ2n) is 6.77. The van der Waals surface area contributed by atoms with E-state index in [-0.39, 0.29) is 5.91 Å². The van der Waals surface area contributed by atoms with E-state index in [4.69, 9.17) is 4.74 Å². The van der Waals surface area contributed by atoms with Gasteiger partial charge in [0.25, 0.3) is 5.91 Å². The predicted molar refractivity (Wildman–Crippen MR) is 104 cm³/mol. The molecule has 1 heterocycles. The molecule has 1 amide bonds. The summed E-state index contributed by atoms with van der Waals surface area (Å²) in [4.78, 5) is 16.5. The Morgan fingerprint density at radius 1 is 1.19 bits per heavy atom. The largest absolute Gasteiger partial charge is 0.497 e. The van der Waals surface area contributed by atoms with E-state index < -0.39 is 0 Å². The number of hydrogen-bond donors (Lipinski definition) is 2. The van der Waals surface area contributed by atoms with Crippen molar-refractivity contribution in [2.75, 3.05) is 19.0 Å². The van der Waals surface area contributed by atoms with Gasteiger partial charge in [-0.05, 0) is 49.1 Å². The van der Waals surface area contributed by atoms with Crippen LogP contribution in [0.5, 0.6) is 5.75 Å². The summed E-state index contributed by atoms with van der Waals surface area (Å²) in [6.07, 6.45) is 8.86. The third-order valence-corrected chi connectivity index (χ3v) is 4.81. The van der Waals surface area contributed by atoms with Crippen LogP contribution < -0.4 is 15.4 Å². The summed E-state index contributed by atoms with van der Waals surface area (Å²) in [5.41, 5.74) is 2.57. The molecule has 1 aliphatic rings. The van der Waals surface area contributed by atoms with Gasteiger partial charge in [0, 0.05) is 12.6 Å². The third kappa shape index (κ3) is 5.22. The van der Waals surface area contributed by atoms with E-state index in [2.05, 4.69) is 15.6 Å². The monoisotopic (exact) mass is 353 g/mol. The van der Waals surface area contributed by atoms with Crippen molar-refractivity contribution in [3.05, 3.63) is 53.9 Å². The number of carbonyl (C=O) groups excluding carboxylic acids is 1. The highest BCUT2D eigenvalue weighted by Crippen LogP contribution is 2.21. The van der Waals surface area contributed by atoms with Crippen molar-refractivity contribution in [3.63, 3.8) is 0 Å². The molecule has 0 saturated heterocycles. The Labute approximate surface area is 155 Å². The van der Waals surface area contributed by atoms with Crippen molar-refractivity contribution in [1.29, 1.82) is 0 Å². The molecule has 1 aliphatic carbocycles. The summed E-state index contributed by atoms with van der Waals surface area (Å²) in [6.45, 7) is 0.565. The smallest absolute Gasteiger partial charge is 0.269 e. The molecule has 5 heteroatoms. The SMILES string of the molecule is COc1cccc(CCNC(=O)c2ccc(NC3CCCCC3)cn2)c1. The van der Waals surface area contributed by atoms with E-state index in [0.29, 0.717) is 18.3 Å². The fraction of sp³-hybridized carbons (Fsp3) is 0.429. The lowest BCUT2D eigenvalue weighted by Gasteiger charge is -2.23. The maximum absolute atomic E-state index is 12.2. The van der Waals surface area contributed by atoms with Crippen molar-refractivity contribution < 1.29 is 9.53 Å². The van der Waals surface area contributed by atoms with Crippen LogP contribution in [0.4, 0.5) is 5.69 Å². The molecular weight excluding hydrogens is 326 g/mol. The Morgan fingerprint density at radius 2 is 2.04 bits per heavy atom. The summed E-state index contributed by atoms with van der Waals surface area (Å²) in [5, 5.41) is 6.44. The number of aromatic nitrogens is 1. The average Bonchev–Trinajstić information content (AvgIpc) is 2.69. The van der Waals surface area contributed by atoms with Crippen molar-refractivity contribution in [2.24, 2.45) is 0 Å². The highest BCUT2D eigenvalue weighted by Gasteiger charge is 2.13. The highest BCUT2D eigenvalue weighted by atomic mass is 16.5. The van der Waals surface area contributed by atoms with Crippen molar-refractivity contribution >= 4 is 11.6 Å². The summed E-state index contributed by atoms with van der Waals surface area (Å²) in [7, 11) is 1.65. The molecule has 5 nitrogen and oxygen atoms in total. The molecule has 1 fully saturated rings. The molecule has 2 N–H and O–H groups in total. The van der Waals surface area contributed by atoms with E-state index in [9.17, 15) is 4.79 Å². The molecule has 0 bridgehead atoms. The number of rotatable bonds is 7. The quantitative estimate of drug-likeness (QED) is 0.794. The molecule has 2 aromatic rings. The number of amides is 1. The molecule has 0 spiro atoms. The van der Waals surface area contributed by atoms with Crippen LogP contribution in [0, 0.1) is 0 Å². The van der Waals surface area contributed by atoms with Gasteiger partial charge in [-0.2, -0.15) is 0 Å². The molecule has 138 valence electrons. The molecule has 1 saturated carbocycles. The van der Waals surface area contributed by atoms with Crippen LogP contribution in [0.25, 0.3) is 0 Å². The lowest BCUT2D eigenvalue weighted by atomic mass is 9.95. The average molecular weight is 353 g/mol.